The van der Waals surface area contributed by atoms with E-state index in [9.17, 15) is 0 Å². The Morgan fingerprint density at radius 2 is 1.72 bits per heavy atom. The smallest absolute Gasteiger partial charge is 0.135 e. The van der Waals surface area contributed by atoms with Crippen LogP contribution in [0.15, 0.2) is 59.0 Å². The van der Waals surface area contributed by atoms with E-state index in [1.807, 2.05) is 36.4 Å². The van der Waals surface area contributed by atoms with Crippen LogP contribution in [0.25, 0.3) is 11.3 Å². The lowest BCUT2D eigenvalue weighted by molar-refractivity contribution is 0.414. The van der Waals surface area contributed by atoms with Gasteiger partial charge in [-0.2, -0.15) is 0 Å². The third-order valence-electron chi connectivity index (χ3n) is 3.64. The van der Waals surface area contributed by atoms with Gasteiger partial charge in [-0.15, -0.1) is 12.4 Å². The van der Waals surface area contributed by atoms with Crippen molar-refractivity contribution in [3.63, 3.8) is 0 Å². The predicted octanol–water partition coefficient (Wildman–Crippen LogP) is 5.97. The molecule has 3 nitrogen and oxygen atoms in total. The van der Waals surface area contributed by atoms with Crippen LogP contribution < -0.4 is 10.1 Å². The summed E-state index contributed by atoms with van der Waals surface area (Å²) in [5.41, 5.74) is 1.98. The average molecular weight is 399 g/mol. The van der Waals surface area contributed by atoms with Gasteiger partial charge in [0.05, 0.1) is 18.7 Å². The Morgan fingerprint density at radius 1 is 0.960 bits per heavy atom. The fraction of sp³-hybridized carbons (Fsp3) is 0.158. The largest absolute Gasteiger partial charge is 0.497 e. The molecule has 0 radical (unpaired) electrons. The van der Waals surface area contributed by atoms with Crippen LogP contribution in [0.5, 0.6) is 5.75 Å². The van der Waals surface area contributed by atoms with Crippen molar-refractivity contribution in [3.8, 4) is 17.1 Å². The Bertz CT molecular complexity index is 816. The van der Waals surface area contributed by atoms with Gasteiger partial charge in [0.2, 0.25) is 0 Å². The first-order chi connectivity index (χ1) is 11.7. The van der Waals surface area contributed by atoms with E-state index >= 15 is 0 Å². The van der Waals surface area contributed by atoms with E-state index in [1.54, 1.807) is 25.3 Å². The van der Waals surface area contributed by atoms with Gasteiger partial charge in [0.15, 0.2) is 0 Å². The molecule has 0 spiro atoms. The third kappa shape index (κ3) is 5.16. The topological polar surface area (TPSA) is 34.4 Å². The summed E-state index contributed by atoms with van der Waals surface area (Å²) in [7, 11) is 1.66. The minimum atomic E-state index is 0. The number of nitrogens with one attached hydrogen (secondary N) is 1. The van der Waals surface area contributed by atoms with Crippen molar-refractivity contribution in [2.45, 2.75) is 13.1 Å². The zero-order valence-electron chi connectivity index (χ0n) is 13.6. The van der Waals surface area contributed by atoms with E-state index in [-0.39, 0.29) is 12.4 Å². The molecular weight excluding hydrogens is 381 g/mol. The van der Waals surface area contributed by atoms with Crippen molar-refractivity contribution in [1.29, 1.82) is 0 Å². The first-order valence-corrected chi connectivity index (χ1v) is 8.29. The molecule has 3 rings (SSSR count). The molecular formula is C19H18Cl3NO2. The van der Waals surface area contributed by atoms with Gasteiger partial charge in [-0.25, -0.2) is 0 Å². The van der Waals surface area contributed by atoms with Crippen molar-refractivity contribution in [3.05, 3.63) is 76.0 Å². The molecule has 0 aliphatic heterocycles. The number of hydrogen-bond donors (Lipinski definition) is 1. The molecule has 25 heavy (non-hydrogen) atoms. The molecule has 132 valence electrons. The summed E-state index contributed by atoms with van der Waals surface area (Å²) in [5, 5.41) is 4.60. The molecule has 0 saturated carbocycles. The second-order valence-corrected chi connectivity index (χ2v) is 6.19. The molecule has 1 N–H and O–H groups in total. The predicted molar refractivity (Wildman–Crippen MR) is 105 cm³/mol. The lowest BCUT2D eigenvalue weighted by atomic mass is 10.2. The minimum absolute atomic E-state index is 0. The number of rotatable bonds is 6. The molecule has 0 aliphatic carbocycles. The lowest BCUT2D eigenvalue weighted by Crippen LogP contribution is -2.11. The van der Waals surface area contributed by atoms with Crippen LogP contribution in [0.1, 0.15) is 11.3 Å². The van der Waals surface area contributed by atoms with Gasteiger partial charge in [0, 0.05) is 17.1 Å². The summed E-state index contributed by atoms with van der Waals surface area (Å²) in [4.78, 5) is 0. The van der Waals surface area contributed by atoms with Gasteiger partial charge in [0.25, 0.3) is 0 Å². The van der Waals surface area contributed by atoms with E-state index in [2.05, 4.69) is 5.32 Å². The Balaban J connectivity index is 0.00000225. The standard InChI is InChI=1S/C19H17Cl2NO2.ClH/c1-23-15-5-2-13(3-6-15)11-22-12-16-7-9-19(24-16)17-10-14(20)4-8-18(17)21;/h2-10,22H,11-12H2,1H3;1H. The summed E-state index contributed by atoms with van der Waals surface area (Å²) in [6, 6.07) is 17.1. The van der Waals surface area contributed by atoms with Crippen LogP contribution >= 0.6 is 35.6 Å². The molecule has 3 aromatic rings. The van der Waals surface area contributed by atoms with E-state index < -0.39 is 0 Å². The summed E-state index contributed by atoms with van der Waals surface area (Å²) < 4.78 is 11.0. The third-order valence-corrected chi connectivity index (χ3v) is 4.21. The summed E-state index contributed by atoms with van der Waals surface area (Å²) in [6.07, 6.45) is 0. The molecule has 0 unspecified atom stereocenters. The van der Waals surface area contributed by atoms with Crippen LogP contribution in [-0.4, -0.2) is 7.11 Å². The summed E-state index contributed by atoms with van der Waals surface area (Å²) in [6.45, 7) is 1.38. The fourth-order valence-electron chi connectivity index (χ4n) is 2.38. The monoisotopic (exact) mass is 397 g/mol. The van der Waals surface area contributed by atoms with Gasteiger partial charge in [-0.3, -0.25) is 0 Å². The molecule has 2 aromatic carbocycles. The van der Waals surface area contributed by atoms with Gasteiger partial charge in [0.1, 0.15) is 17.3 Å². The molecule has 0 saturated heterocycles. The van der Waals surface area contributed by atoms with Crippen molar-refractivity contribution in [2.24, 2.45) is 0 Å². The summed E-state index contributed by atoms with van der Waals surface area (Å²) in [5.74, 6) is 2.41. The van der Waals surface area contributed by atoms with Crippen molar-refractivity contribution >= 4 is 35.6 Å². The molecule has 0 bridgehead atoms. The van der Waals surface area contributed by atoms with Crippen LogP contribution in [0.4, 0.5) is 0 Å². The van der Waals surface area contributed by atoms with Crippen molar-refractivity contribution in [2.75, 3.05) is 7.11 Å². The molecule has 0 fully saturated rings. The first-order valence-electron chi connectivity index (χ1n) is 7.53. The lowest BCUT2D eigenvalue weighted by Gasteiger charge is -2.05. The van der Waals surface area contributed by atoms with Crippen LogP contribution in [-0.2, 0) is 13.1 Å². The number of hydrogen-bond acceptors (Lipinski definition) is 3. The number of ether oxygens (including phenoxy) is 1. The maximum absolute atomic E-state index is 6.20. The number of benzene rings is 2. The van der Waals surface area contributed by atoms with Gasteiger partial charge in [-0.05, 0) is 48.0 Å². The minimum Gasteiger partial charge on any atom is -0.497 e. The quantitative estimate of drug-likeness (QED) is 0.555. The molecule has 0 atom stereocenters. The molecule has 0 amide bonds. The van der Waals surface area contributed by atoms with Crippen LogP contribution in [0.3, 0.4) is 0 Å². The molecule has 1 heterocycles. The number of furan rings is 1. The Morgan fingerprint density at radius 3 is 2.44 bits per heavy atom. The molecule has 0 aliphatic rings. The Labute approximate surface area is 163 Å². The van der Waals surface area contributed by atoms with Gasteiger partial charge >= 0.3 is 0 Å². The zero-order chi connectivity index (χ0) is 16.9. The number of methoxy groups -OCH3 is 1. The van der Waals surface area contributed by atoms with E-state index in [0.29, 0.717) is 22.4 Å². The van der Waals surface area contributed by atoms with E-state index in [4.69, 9.17) is 32.4 Å². The zero-order valence-corrected chi connectivity index (χ0v) is 15.9. The van der Waals surface area contributed by atoms with Crippen molar-refractivity contribution in [1.82, 2.24) is 5.32 Å². The van der Waals surface area contributed by atoms with E-state index in [0.717, 1.165) is 23.6 Å². The summed E-state index contributed by atoms with van der Waals surface area (Å²) >= 11 is 12.2. The number of halogens is 3. The first kappa shape index (κ1) is 19.7. The Hall–Kier alpha value is -1.65. The Kier molecular flexibility index (Phi) is 7.21. The van der Waals surface area contributed by atoms with Crippen LogP contribution in [0.2, 0.25) is 10.0 Å². The fourth-order valence-corrected chi connectivity index (χ4v) is 2.76. The molecule has 6 heteroatoms. The van der Waals surface area contributed by atoms with Gasteiger partial charge < -0.3 is 14.5 Å². The highest BCUT2D eigenvalue weighted by molar-refractivity contribution is 6.35. The maximum atomic E-state index is 6.20. The molecule has 1 aromatic heterocycles. The average Bonchev–Trinajstić information content (AvgIpc) is 3.06. The highest BCUT2D eigenvalue weighted by atomic mass is 35.5. The highest BCUT2D eigenvalue weighted by Crippen LogP contribution is 2.31. The van der Waals surface area contributed by atoms with Crippen LogP contribution in [0, 0.1) is 0 Å². The normalized spacial score (nSPS) is 10.4. The second kappa shape index (κ2) is 9.16. The SMILES string of the molecule is COc1ccc(CNCc2ccc(-c3cc(Cl)ccc3Cl)o2)cc1.Cl. The second-order valence-electron chi connectivity index (χ2n) is 5.34. The maximum Gasteiger partial charge on any atom is 0.135 e. The van der Waals surface area contributed by atoms with Gasteiger partial charge in [-0.1, -0.05) is 35.3 Å². The highest BCUT2D eigenvalue weighted by Gasteiger charge is 2.09. The van der Waals surface area contributed by atoms with Crippen molar-refractivity contribution < 1.29 is 9.15 Å². The van der Waals surface area contributed by atoms with E-state index in [1.165, 1.54) is 5.56 Å².